The van der Waals surface area contributed by atoms with Crippen molar-refractivity contribution in [2.75, 3.05) is 51.1 Å². The fourth-order valence-corrected chi connectivity index (χ4v) is 10.4. The quantitative estimate of drug-likeness (QED) is 0.0848. The number of nitriles is 2. The van der Waals surface area contributed by atoms with Gasteiger partial charge in [0.25, 0.3) is 0 Å². The molecule has 14 heteroatoms. The number of anilines is 2. The van der Waals surface area contributed by atoms with Crippen molar-refractivity contribution < 1.29 is 35.1 Å². The van der Waals surface area contributed by atoms with E-state index in [1.165, 1.54) is 69.3 Å². The maximum atomic E-state index is 11.0. The van der Waals surface area contributed by atoms with E-state index >= 15 is 0 Å². The predicted octanol–water partition coefficient (Wildman–Crippen LogP) is 10.2. The lowest BCUT2D eigenvalue weighted by Gasteiger charge is -2.17. The maximum absolute atomic E-state index is 11.0. The van der Waals surface area contributed by atoms with Gasteiger partial charge in [0, 0.05) is 84.7 Å². The molecule has 0 fully saturated rings. The smallest absolute Gasteiger partial charge is 0.209 e. The van der Waals surface area contributed by atoms with Crippen molar-refractivity contribution in [1.82, 2.24) is 0 Å². The van der Waals surface area contributed by atoms with E-state index in [4.69, 9.17) is 10.5 Å². The molecule has 360 valence electrons. The second-order valence-corrected chi connectivity index (χ2v) is 20.9. The number of rotatable bonds is 12. The van der Waals surface area contributed by atoms with Crippen LogP contribution < -0.4 is 9.80 Å². The van der Waals surface area contributed by atoms with Gasteiger partial charge in [-0.05, 0) is 87.4 Å². The Bertz CT molecular complexity index is 3120. The van der Waals surface area contributed by atoms with Gasteiger partial charge in [-0.25, -0.2) is 16.8 Å². The molecule has 0 saturated heterocycles. The van der Waals surface area contributed by atoms with E-state index < -0.39 is 30.0 Å². The standard InChI is InChI=1S/2C23H26N3.C10H8O6S2/c2*1-23(2)20-8-5-6-9-21(20)26(4)22(23)15-12-18-10-13-19(14-11-18)25(3)17-7-16-24;11-17(12,13)9-5-1-3-7-8(9)4-2-6-10(7)18(14,15)16/h2*5-6,8-15H,7,17H2,1-4H3;1-6H,(H,11,12,13)(H,14,15,16)/q2*+1;/p-2. The van der Waals surface area contributed by atoms with Crippen LogP contribution in [0.15, 0.2) is 155 Å². The van der Waals surface area contributed by atoms with Crippen LogP contribution in [0, 0.1) is 22.7 Å². The lowest BCUT2D eigenvalue weighted by atomic mass is 9.81. The molecule has 12 nitrogen and oxygen atoms in total. The summed E-state index contributed by atoms with van der Waals surface area (Å²) < 4.78 is 70.7. The Kier molecular flexibility index (Phi) is 16.1. The molecule has 2 aliphatic heterocycles. The molecule has 0 atom stereocenters. The van der Waals surface area contributed by atoms with Crippen LogP contribution in [0.3, 0.4) is 0 Å². The molecule has 0 amide bonds. The monoisotopic (exact) mass is 974 g/mol. The summed E-state index contributed by atoms with van der Waals surface area (Å²) in [6.07, 6.45) is 9.90. The van der Waals surface area contributed by atoms with Gasteiger partial charge in [0.1, 0.15) is 34.3 Å². The molecule has 0 N–H and O–H groups in total. The highest BCUT2D eigenvalue weighted by Gasteiger charge is 2.43. The van der Waals surface area contributed by atoms with E-state index in [9.17, 15) is 25.9 Å². The average Bonchev–Trinajstić information content (AvgIpc) is 3.66. The van der Waals surface area contributed by atoms with Gasteiger partial charge >= 0.3 is 0 Å². The van der Waals surface area contributed by atoms with Gasteiger partial charge in [-0.2, -0.15) is 19.7 Å². The molecule has 2 heterocycles. The number of hydrogen-bond acceptors (Lipinski definition) is 10. The molecule has 8 rings (SSSR count). The number of benzene rings is 6. The van der Waals surface area contributed by atoms with Crippen molar-refractivity contribution in [2.24, 2.45) is 0 Å². The van der Waals surface area contributed by atoms with E-state index in [2.05, 4.69) is 194 Å². The number of allylic oxidation sites excluding steroid dienone is 2. The Hall–Kier alpha value is -7.20. The van der Waals surface area contributed by atoms with Crippen LogP contribution in [0.25, 0.3) is 22.9 Å². The van der Waals surface area contributed by atoms with Gasteiger partial charge in [-0.3, -0.25) is 0 Å². The molecule has 0 bridgehead atoms. The lowest BCUT2D eigenvalue weighted by Crippen LogP contribution is -2.26. The number of fused-ring (bicyclic) bond motifs is 3. The first-order chi connectivity index (χ1) is 33.1. The highest BCUT2D eigenvalue weighted by Crippen LogP contribution is 2.40. The van der Waals surface area contributed by atoms with Crippen LogP contribution in [-0.2, 0) is 31.1 Å². The Balaban J connectivity index is 0.000000176. The lowest BCUT2D eigenvalue weighted by molar-refractivity contribution is -0.401. The predicted molar refractivity (Wildman–Crippen MR) is 278 cm³/mol. The summed E-state index contributed by atoms with van der Waals surface area (Å²) in [6, 6.07) is 45.7. The third-order valence-corrected chi connectivity index (χ3v) is 14.7. The minimum absolute atomic E-state index is 0.000698. The fourth-order valence-electron chi connectivity index (χ4n) is 9.02. The second kappa shape index (κ2) is 21.6. The van der Waals surface area contributed by atoms with Gasteiger partial charge in [0.15, 0.2) is 11.4 Å². The molecule has 0 aliphatic carbocycles. The van der Waals surface area contributed by atoms with Crippen molar-refractivity contribution in [3.63, 3.8) is 0 Å². The van der Waals surface area contributed by atoms with Crippen molar-refractivity contribution in [3.05, 3.63) is 168 Å². The molecular formula is C56H58N6O6S2. The summed E-state index contributed by atoms with van der Waals surface area (Å²) in [5.41, 5.74) is 12.5. The molecule has 6 aromatic carbocycles. The van der Waals surface area contributed by atoms with Crippen LogP contribution in [-0.4, -0.2) is 87.8 Å². The SMILES string of the molecule is CN(CCC#N)c1ccc(/C=C/C2=[N+](C)c3ccccc3C2(C)C)cc1.CN(CCC#N)c1ccc(/C=C/C2=[N+](C)c3ccccc3C2(C)C)cc1.O=S(=O)([O-])c1cccc2c(S(=O)(=O)[O-])cccc12. The van der Waals surface area contributed by atoms with Crippen molar-refractivity contribution in [2.45, 2.75) is 61.2 Å². The number of nitrogens with zero attached hydrogens (tertiary/aromatic N) is 6. The fraction of sp³-hybridized carbons (Fsp3) is 0.250. The molecule has 70 heavy (non-hydrogen) atoms. The highest BCUT2D eigenvalue weighted by molar-refractivity contribution is 7.86. The molecule has 0 radical (unpaired) electrons. The normalized spacial score (nSPS) is 14.6. The zero-order valence-electron chi connectivity index (χ0n) is 40.8. The molecule has 6 aromatic rings. The molecular weight excluding hydrogens is 917 g/mol. The first kappa shape index (κ1) is 52.2. The van der Waals surface area contributed by atoms with Crippen LogP contribution in [0.2, 0.25) is 0 Å². The number of hydrogen-bond donors (Lipinski definition) is 0. The minimum Gasteiger partial charge on any atom is -0.744 e. The van der Waals surface area contributed by atoms with Gasteiger partial charge in [-0.1, -0.05) is 84.9 Å². The summed E-state index contributed by atoms with van der Waals surface area (Å²) in [5.74, 6) is 0. The first-order valence-electron chi connectivity index (χ1n) is 22.7. The molecule has 0 aromatic heterocycles. The van der Waals surface area contributed by atoms with Crippen molar-refractivity contribution >= 4 is 77.3 Å². The first-order valence-corrected chi connectivity index (χ1v) is 25.5. The summed E-state index contributed by atoms with van der Waals surface area (Å²) in [5, 5.41) is 17.3. The zero-order chi connectivity index (χ0) is 51.0. The highest BCUT2D eigenvalue weighted by atomic mass is 32.2. The zero-order valence-corrected chi connectivity index (χ0v) is 42.4. The average molecular weight is 975 g/mol. The van der Waals surface area contributed by atoms with Crippen molar-refractivity contribution in [1.29, 1.82) is 10.5 Å². The van der Waals surface area contributed by atoms with E-state index in [0.29, 0.717) is 12.8 Å². The van der Waals surface area contributed by atoms with E-state index in [0.717, 1.165) is 36.6 Å². The third kappa shape index (κ3) is 11.6. The maximum Gasteiger partial charge on any atom is 0.209 e. The van der Waals surface area contributed by atoms with E-state index in [-0.39, 0.29) is 21.6 Å². The molecule has 0 saturated carbocycles. The summed E-state index contributed by atoms with van der Waals surface area (Å²) >= 11 is 0. The van der Waals surface area contributed by atoms with Gasteiger partial charge in [0.2, 0.25) is 11.4 Å². The molecule has 2 aliphatic rings. The van der Waals surface area contributed by atoms with Gasteiger partial charge in [0.05, 0.1) is 45.6 Å². The summed E-state index contributed by atoms with van der Waals surface area (Å²) in [4.78, 5) is 3.11. The van der Waals surface area contributed by atoms with Crippen LogP contribution >= 0.6 is 0 Å². The largest absolute Gasteiger partial charge is 0.744 e. The molecule has 0 unspecified atom stereocenters. The van der Waals surface area contributed by atoms with E-state index in [1.54, 1.807) is 0 Å². The van der Waals surface area contributed by atoms with Crippen LogP contribution in [0.4, 0.5) is 22.7 Å². The van der Waals surface area contributed by atoms with Crippen molar-refractivity contribution in [3.8, 4) is 12.1 Å². The second-order valence-electron chi connectivity index (χ2n) is 18.2. The van der Waals surface area contributed by atoms with Gasteiger partial charge < -0.3 is 18.9 Å². The Morgan fingerprint density at radius 3 is 1.17 bits per heavy atom. The van der Waals surface area contributed by atoms with Crippen LogP contribution in [0.5, 0.6) is 0 Å². The number of para-hydroxylation sites is 2. The molecule has 0 spiro atoms. The Labute approximate surface area is 413 Å². The summed E-state index contributed by atoms with van der Waals surface area (Å²) in [7, 11) is -1.16. The van der Waals surface area contributed by atoms with Crippen LogP contribution in [0.1, 0.15) is 62.8 Å². The summed E-state index contributed by atoms with van der Waals surface area (Å²) in [6.45, 7) is 10.6. The Morgan fingerprint density at radius 2 is 0.857 bits per heavy atom. The Morgan fingerprint density at radius 1 is 0.514 bits per heavy atom. The minimum atomic E-state index is -4.74. The van der Waals surface area contributed by atoms with Gasteiger partial charge in [-0.15, -0.1) is 0 Å². The van der Waals surface area contributed by atoms with E-state index in [1.807, 2.05) is 14.1 Å². The topological polar surface area (TPSA) is 174 Å². The third-order valence-electron chi connectivity index (χ3n) is 12.9.